The fraction of sp³-hybridized carbons (Fsp3) is 0.158. The minimum absolute atomic E-state index is 0.00539. The van der Waals surface area contributed by atoms with E-state index in [-0.39, 0.29) is 12.1 Å². The van der Waals surface area contributed by atoms with Gasteiger partial charge in [-0.2, -0.15) is 0 Å². The van der Waals surface area contributed by atoms with E-state index in [1.807, 2.05) is 31.2 Å². The van der Waals surface area contributed by atoms with Gasteiger partial charge in [-0.1, -0.05) is 12.1 Å². The first kappa shape index (κ1) is 18.0. The molecule has 0 saturated heterocycles. The minimum Gasteiger partial charge on any atom is -0.493 e. The van der Waals surface area contributed by atoms with Crippen LogP contribution < -0.4 is 10.1 Å². The Labute approximate surface area is 153 Å². The van der Waals surface area contributed by atoms with Gasteiger partial charge < -0.3 is 10.1 Å². The van der Waals surface area contributed by atoms with Gasteiger partial charge in [-0.3, -0.25) is 4.79 Å². The van der Waals surface area contributed by atoms with Crippen molar-refractivity contribution >= 4 is 22.9 Å². The van der Waals surface area contributed by atoms with Crippen molar-refractivity contribution in [3.05, 3.63) is 65.2 Å². The number of ether oxygens (including phenoxy) is 1. The van der Waals surface area contributed by atoms with Crippen LogP contribution in [0.1, 0.15) is 12.6 Å². The molecule has 0 aliphatic heterocycles. The quantitative estimate of drug-likeness (QED) is 0.682. The van der Waals surface area contributed by atoms with E-state index in [0.29, 0.717) is 12.3 Å². The molecule has 0 bridgehead atoms. The van der Waals surface area contributed by atoms with Crippen LogP contribution >= 0.6 is 11.3 Å². The lowest BCUT2D eigenvalue weighted by atomic mass is 10.2. The fourth-order valence-corrected chi connectivity index (χ4v) is 3.28. The molecule has 26 heavy (non-hydrogen) atoms. The van der Waals surface area contributed by atoms with E-state index in [2.05, 4.69) is 10.3 Å². The summed E-state index contributed by atoms with van der Waals surface area (Å²) in [5, 5.41) is 5.00. The van der Waals surface area contributed by atoms with Crippen molar-refractivity contribution in [3.63, 3.8) is 0 Å². The zero-order valence-corrected chi connectivity index (χ0v) is 14.8. The molecule has 134 valence electrons. The summed E-state index contributed by atoms with van der Waals surface area (Å²) < 4.78 is 32.0. The number of carbonyl (C=O) groups excluding carboxylic acids is 1. The van der Waals surface area contributed by atoms with Crippen LogP contribution in [0.15, 0.2) is 47.8 Å². The molecule has 0 spiro atoms. The van der Waals surface area contributed by atoms with E-state index in [1.54, 1.807) is 5.38 Å². The normalized spacial score (nSPS) is 10.6. The Hall–Kier alpha value is -2.80. The summed E-state index contributed by atoms with van der Waals surface area (Å²) in [7, 11) is 0. The Balaban J connectivity index is 1.71. The summed E-state index contributed by atoms with van der Waals surface area (Å²) in [6.45, 7) is 2.45. The number of nitrogens with one attached hydrogen (secondary N) is 1. The molecule has 4 nitrogen and oxygen atoms in total. The first-order valence-corrected chi connectivity index (χ1v) is 8.85. The lowest BCUT2D eigenvalue weighted by Crippen LogP contribution is -2.14. The Kier molecular flexibility index (Phi) is 5.58. The molecular formula is C19H16F2N2O2S. The van der Waals surface area contributed by atoms with Crippen LogP contribution in [0.25, 0.3) is 10.6 Å². The molecule has 2 aromatic carbocycles. The molecule has 7 heteroatoms. The predicted octanol–water partition coefficient (Wildman–Crippen LogP) is 4.67. The molecule has 0 atom stereocenters. The Morgan fingerprint density at radius 1 is 1.19 bits per heavy atom. The monoisotopic (exact) mass is 374 g/mol. The number of aromatic nitrogens is 1. The van der Waals surface area contributed by atoms with E-state index in [9.17, 15) is 13.6 Å². The number of rotatable bonds is 6. The fourth-order valence-electron chi connectivity index (χ4n) is 2.43. The summed E-state index contributed by atoms with van der Waals surface area (Å²) in [6.07, 6.45) is 0.00539. The lowest BCUT2D eigenvalue weighted by Gasteiger charge is -2.07. The van der Waals surface area contributed by atoms with Crippen LogP contribution in [0.2, 0.25) is 0 Å². The third-order valence-corrected chi connectivity index (χ3v) is 4.38. The van der Waals surface area contributed by atoms with Crippen LogP contribution in [-0.2, 0) is 11.2 Å². The maximum Gasteiger partial charge on any atom is 0.230 e. The van der Waals surface area contributed by atoms with Crippen molar-refractivity contribution in [1.29, 1.82) is 0 Å². The third-order valence-electron chi connectivity index (χ3n) is 3.46. The van der Waals surface area contributed by atoms with E-state index in [1.165, 1.54) is 11.3 Å². The summed E-state index contributed by atoms with van der Waals surface area (Å²) >= 11 is 1.40. The largest absolute Gasteiger partial charge is 0.493 e. The molecule has 1 heterocycles. The Morgan fingerprint density at radius 2 is 1.92 bits per heavy atom. The molecule has 0 unspecified atom stereocenters. The average Bonchev–Trinajstić information content (AvgIpc) is 3.02. The van der Waals surface area contributed by atoms with Gasteiger partial charge in [-0.25, -0.2) is 13.8 Å². The molecule has 0 fully saturated rings. The Bertz CT molecular complexity index is 907. The number of halogens is 2. The van der Waals surface area contributed by atoms with Gasteiger partial charge in [0, 0.05) is 17.1 Å². The number of nitrogens with zero attached hydrogens (tertiary/aromatic N) is 1. The van der Waals surface area contributed by atoms with Crippen LogP contribution in [0.3, 0.4) is 0 Å². The molecule has 0 aliphatic carbocycles. The molecular weight excluding hydrogens is 358 g/mol. The van der Waals surface area contributed by atoms with Gasteiger partial charge in [0.2, 0.25) is 5.91 Å². The van der Waals surface area contributed by atoms with Gasteiger partial charge in [0.05, 0.1) is 24.3 Å². The highest BCUT2D eigenvalue weighted by atomic mass is 32.1. The Morgan fingerprint density at radius 3 is 2.65 bits per heavy atom. The van der Waals surface area contributed by atoms with Gasteiger partial charge in [0.25, 0.3) is 0 Å². The van der Waals surface area contributed by atoms with Crippen LogP contribution in [0.4, 0.5) is 14.5 Å². The standard InChI is InChI=1S/C19H16F2N2O2S/c1-2-25-17-6-4-3-5-16(17)19-23-15(11-26-19)10-18(24)22-14-8-12(20)7-13(21)9-14/h3-9,11H,2,10H2,1H3,(H,22,24). The molecule has 3 aromatic rings. The number of para-hydroxylation sites is 1. The second-order valence-electron chi connectivity index (χ2n) is 5.46. The molecule has 3 rings (SSSR count). The van der Waals surface area contributed by atoms with Gasteiger partial charge in [-0.15, -0.1) is 11.3 Å². The zero-order valence-electron chi connectivity index (χ0n) is 14.0. The SMILES string of the molecule is CCOc1ccccc1-c1nc(CC(=O)Nc2cc(F)cc(F)c2)cs1. The first-order valence-electron chi connectivity index (χ1n) is 7.97. The van der Waals surface area contributed by atoms with Gasteiger partial charge in [-0.05, 0) is 31.2 Å². The number of anilines is 1. The number of benzene rings is 2. The van der Waals surface area contributed by atoms with E-state index < -0.39 is 17.5 Å². The maximum absolute atomic E-state index is 13.2. The number of thiazole rings is 1. The predicted molar refractivity (Wildman–Crippen MR) is 97.4 cm³/mol. The molecule has 0 saturated carbocycles. The summed E-state index contributed by atoms with van der Waals surface area (Å²) in [5.74, 6) is -1.16. The number of hydrogen-bond acceptors (Lipinski definition) is 4. The topological polar surface area (TPSA) is 51.2 Å². The third kappa shape index (κ3) is 4.43. The summed E-state index contributed by atoms with van der Waals surface area (Å²) in [4.78, 5) is 16.6. The molecule has 1 N–H and O–H groups in total. The van der Waals surface area contributed by atoms with E-state index in [0.717, 1.165) is 34.5 Å². The van der Waals surface area contributed by atoms with Crippen molar-refractivity contribution < 1.29 is 18.3 Å². The second kappa shape index (κ2) is 8.05. The molecule has 1 amide bonds. The highest BCUT2D eigenvalue weighted by molar-refractivity contribution is 7.13. The summed E-state index contributed by atoms with van der Waals surface area (Å²) in [6, 6.07) is 10.4. The minimum atomic E-state index is -0.747. The number of amides is 1. The van der Waals surface area contributed by atoms with Crippen molar-refractivity contribution in [1.82, 2.24) is 4.98 Å². The van der Waals surface area contributed by atoms with Crippen molar-refractivity contribution in [3.8, 4) is 16.3 Å². The van der Waals surface area contributed by atoms with Crippen LogP contribution in [0, 0.1) is 11.6 Å². The van der Waals surface area contributed by atoms with Gasteiger partial charge in [0.1, 0.15) is 22.4 Å². The van der Waals surface area contributed by atoms with Gasteiger partial charge in [0.15, 0.2) is 0 Å². The highest BCUT2D eigenvalue weighted by Crippen LogP contribution is 2.32. The van der Waals surface area contributed by atoms with Crippen LogP contribution in [0.5, 0.6) is 5.75 Å². The molecule has 0 radical (unpaired) electrons. The maximum atomic E-state index is 13.2. The van der Waals surface area contributed by atoms with E-state index >= 15 is 0 Å². The number of carbonyl (C=O) groups is 1. The number of hydrogen-bond donors (Lipinski definition) is 1. The summed E-state index contributed by atoms with van der Waals surface area (Å²) in [5.41, 5.74) is 1.51. The highest BCUT2D eigenvalue weighted by Gasteiger charge is 2.13. The zero-order chi connectivity index (χ0) is 18.5. The molecule has 1 aromatic heterocycles. The molecule has 0 aliphatic rings. The lowest BCUT2D eigenvalue weighted by molar-refractivity contribution is -0.115. The first-order chi connectivity index (χ1) is 12.5. The van der Waals surface area contributed by atoms with Crippen molar-refractivity contribution in [2.24, 2.45) is 0 Å². The smallest absolute Gasteiger partial charge is 0.230 e. The van der Waals surface area contributed by atoms with Crippen LogP contribution in [-0.4, -0.2) is 17.5 Å². The van der Waals surface area contributed by atoms with E-state index in [4.69, 9.17) is 4.74 Å². The van der Waals surface area contributed by atoms with Gasteiger partial charge >= 0.3 is 0 Å². The van der Waals surface area contributed by atoms with Crippen molar-refractivity contribution in [2.75, 3.05) is 11.9 Å². The second-order valence-corrected chi connectivity index (χ2v) is 6.31. The van der Waals surface area contributed by atoms with Crippen molar-refractivity contribution in [2.45, 2.75) is 13.3 Å². The average molecular weight is 374 g/mol.